The highest BCUT2D eigenvalue weighted by atomic mass is 16.2. The van der Waals surface area contributed by atoms with Crippen molar-refractivity contribution in [1.82, 2.24) is 24.9 Å². The van der Waals surface area contributed by atoms with Crippen LogP contribution < -0.4 is 10.6 Å². The Kier molecular flexibility index (Phi) is 3.87. The third kappa shape index (κ3) is 3.55. The Labute approximate surface area is 136 Å². The van der Waals surface area contributed by atoms with Crippen molar-refractivity contribution in [3.8, 4) is 0 Å². The van der Waals surface area contributed by atoms with Crippen LogP contribution in [0.2, 0.25) is 0 Å². The summed E-state index contributed by atoms with van der Waals surface area (Å²) in [5.74, 6) is 1.32. The molecule has 23 heavy (non-hydrogen) atoms. The van der Waals surface area contributed by atoms with E-state index in [0.717, 1.165) is 5.69 Å². The van der Waals surface area contributed by atoms with E-state index < -0.39 is 0 Å². The van der Waals surface area contributed by atoms with Gasteiger partial charge in [0.2, 0.25) is 0 Å². The van der Waals surface area contributed by atoms with Gasteiger partial charge in [0.1, 0.15) is 5.82 Å². The topological polar surface area (TPSA) is 76.8 Å². The van der Waals surface area contributed by atoms with Gasteiger partial charge < -0.3 is 5.32 Å². The van der Waals surface area contributed by atoms with Gasteiger partial charge in [-0.15, -0.1) is 0 Å². The van der Waals surface area contributed by atoms with Gasteiger partial charge in [0.05, 0.1) is 24.0 Å². The minimum atomic E-state index is -0.255. The highest BCUT2D eigenvalue weighted by Crippen LogP contribution is 2.39. The lowest BCUT2D eigenvalue weighted by atomic mass is 10.1. The molecule has 7 heteroatoms. The van der Waals surface area contributed by atoms with E-state index in [1.165, 1.54) is 18.5 Å². The van der Waals surface area contributed by atoms with Gasteiger partial charge in [-0.1, -0.05) is 0 Å². The molecule has 0 aromatic carbocycles. The van der Waals surface area contributed by atoms with Crippen LogP contribution in [0.4, 0.5) is 10.6 Å². The Morgan fingerprint density at radius 2 is 2.13 bits per heavy atom. The first-order valence-corrected chi connectivity index (χ1v) is 7.97. The number of nitrogens with one attached hydrogen (secondary N) is 2. The van der Waals surface area contributed by atoms with Crippen molar-refractivity contribution in [3.05, 3.63) is 29.7 Å². The van der Waals surface area contributed by atoms with Crippen molar-refractivity contribution in [2.75, 3.05) is 5.32 Å². The van der Waals surface area contributed by atoms with Gasteiger partial charge in [0.15, 0.2) is 0 Å². The average molecular weight is 316 g/mol. The molecule has 2 aromatic heterocycles. The summed E-state index contributed by atoms with van der Waals surface area (Å²) in [5.41, 5.74) is 1.95. The van der Waals surface area contributed by atoms with Gasteiger partial charge in [-0.3, -0.25) is 10.00 Å². The summed E-state index contributed by atoms with van der Waals surface area (Å²) in [6, 6.07) is 3.61. The fraction of sp³-hybridized carbons (Fsp3) is 0.562. The summed E-state index contributed by atoms with van der Waals surface area (Å²) in [6.07, 6.45) is 4.16. The van der Waals surface area contributed by atoms with E-state index in [0.29, 0.717) is 18.3 Å². The molecule has 1 aliphatic rings. The number of anilines is 1. The maximum atomic E-state index is 12.1. The SMILES string of the molecule is Cn1nc(CNC(=O)Nc2ccnn2C(C)(C)C)cc1C1CC1. The molecule has 0 bridgehead atoms. The summed E-state index contributed by atoms with van der Waals surface area (Å²) in [5, 5.41) is 14.4. The predicted octanol–water partition coefficient (Wildman–Crippen LogP) is 2.57. The third-order valence-electron chi connectivity index (χ3n) is 3.91. The number of urea groups is 1. The lowest BCUT2D eigenvalue weighted by molar-refractivity contribution is 0.251. The lowest BCUT2D eigenvalue weighted by Gasteiger charge is -2.22. The van der Waals surface area contributed by atoms with E-state index in [2.05, 4.69) is 26.9 Å². The predicted molar refractivity (Wildman–Crippen MR) is 88.3 cm³/mol. The molecule has 2 heterocycles. The van der Waals surface area contributed by atoms with Crippen molar-refractivity contribution in [2.45, 2.75) is 51.6 Å². The first kappa shape index (κ1) is 15.6. The zero-order chi connectivity index (χ0) is 16.6. The number of aromatic nitrogens is 4. The molecule has 2 N–H and O–H groups in total. The number of aryl methyl sites for hydroxylation is 1. The molecular formula is C16H24N6O. The second-order valence-corrected chi connectivity index (χ2v) is 7.07. The average Bonchev–Trinajstić information content (AvgIpc) is 3.07. The van der Waals surface area contributed by atoms with E-state index >= 15 is 0 Å². The van der Waals surface area contributed by atoms with E-state index in [9.17, 15) is 4.79 Å². The number of nitrogens with zero attached hydrogens (tertiary/aromatic N) is 4. The lowest BCUT2D eigenvalue weighted by Crippen LogP contribution is -2.32. The molecule has 1 aliphatic carbocycles. The van der Waals surface area contributed by atoms with Gasteiger partial charge in [0, 0.05) is 24.7 Å². The van der Waals surface area contributed by atoms with Crippen LogP contribution in [-0.2, 0) is 19.1 Å². The monoisotopic (exact) mass is 316 g/mol. The van der Waals surface area contributed by atoms with Gasteiger partial charge in [-0.2, -0.15) is 10.2 Å². The largest absolute Gasteiger partial charge is 0.332 e. The van der Waals surface area contributed by atoms with Crippen LogP contribution in [0.25, 0.3) is 0 Å². The highest BCUT2D eigenvalue weighted by Gasteiger charge is 2.27. The van der Waals surface area contributed by atoms with Crippen LogP contribution in [0.5, 0.6) is 0 Å². The molecule has 2 aromatic rings. The molecule has 1 fully saturated rings. The number of carbonyl (C=O) groups excluding carboxylic acids is 1. The maximum absolute atomic E-state index is 12.1. The Hall–Kier alpha value is -2.31. The number of hydrogen-bond acceptors (Lipinski definition) is 3. The second kappa shape index (κ2) is 5.72. The van der Waals surface area contributed by atoms with Crippen molar-refractivity contribution in [2.24, 2.45) is 7.05 Å². The van der Waals surface area contributed by atoms with Crippen LogP contribution in [0.15, 0.2) is 18.3 Å². The van der Waals surface area contributed by atoms with Crippen LogP contribution in [0.3, 0.4) is 0 Å². The first-order chi connectivity index (χ1) is 10.8. The van der Waals surface area contributed by atoms with Crippen molar-refractivity contribution in [1.29, 1.82) is 0 Å². The summed E-state index contributed by atoms with van der Waals surface area (Å²) in [7, 11) is 1.96. The van der Waals surface area contributed by atoms with Crippen molar-refractivity contribution >= 4 is 11.8 Å². The normalized spacial score (nSPS) is 14.8. The number of carbonyl (C=O) groups is 1. The van der Waals surface area contributed by atoms with Gasteiger partial charge in [-0.25, -0.2) is 9.48 Å². The molecule has 7 nitrogen and oxygen atoms in total. The Balaban J connectivity index is 1.58. The molecule has 0 atom stereocenters. The molecule has 3 rings (SSSR count). The molecule has 0 spiro atoms. The molecule has 0 aliphatic heterocycles. The molecule has 0 radical (unpaired) electrons. The minimum absolute atomic E-state index is 0.188. The summed E-state index contributed by atoms with van der Waals surface area (Å²) < 4.78 is 3.71. The summed E-state index contributed by atoms with van der Waals surface area (Å²) in [4.78, 5) is 12.1. The quantitative estimate of drug-likeness (QED) is 0.910. The van der Waals surface area contributed by atoms with Crippen LogP contribution in [-0.4, -0.2) is 25.6 Å². The smallest absolute Gasteiger partial charge is 0.320 e. The minimum Gasteiger partial charge on any atom is -0.332 e. The van der Waals surface area contributed by atoms with Crippen LogP contribution in [0, 0.1) is 0 Å². The van der Waals surface area contributed by atoms with Gasteiger partial charge in [0.25, 0.3) is 0 Å². The Morgan fingerprint density at radius 3 is 2.78 bits per heavy atom. The summed E-state index contributed by atoms with van der Waals surface area (Å²) >= 11 is 0. The molecule has 1 saturated carbocycles. The first-order valence-electron chi connectivity index (χ1n) is 7.97. The third-order valence-corrected chi connectivity index (χ3v) is 3.91. The molecular weight excluding hydrogens is 292 g/mol. The second-order valence-electron chi connectivity index (χ2n) is 7.07. The van der Waals surface area contributed by atoms with Crippen LogP contribution >= 0.6 is 0 Å². The van der Waals surface area contributed by atoms with Crippen molar-refractivity contribution < 1.29 is 4.79 Å². The van der Waals surface area contributed by atoms with Crippen LogP contribution in [0.1, 0.15) is 50.9 Å². The van der Waals surface area contributed by atoms with E-state index in [-0.39, 0.29) is 11.6 Å². The van der Waals surface area contributed by atoms with E-state index in [1.807, 2.05) is 32.5 Å². The number of hydrogen-bond donors (Lipinski definition) is 2. The fourth-order valence-corrected chi connectivity index (χ4v) is 2.65. The number of amides is 2. The molecule has 124 valence electrons. The van der Waals surface area contributed by atoms with Gasteiger partial charge in [-0.05, 0) is 39.7 Å². The summed E-state index contributed by atoms with van der Waals surface area (Å²) in [6.45, 7) is 6.53. The fourth-order valence-electron chi connectivity index (χ4n) is 2.65. The maximum Gasteiger partial charge on any atom is 0.320 e. The molecule has 0 saturated heterocycles. The Bertz CT molecular complexity index is 704. The zero-order valence-corrected chi connectivity index (χ0v) is 14.1. The van der Waals surface area contributed by atoms with Gasteiger partial charge >= 0.3 is 6.03 Å². The number of rotatable bonds is 4. The standard InChI is InChI=1S/C16H24N6O/c1-16(2,3)22-14(7-8-18-22)19-15(23)17-10-12-9-13(11-5-6-11)21(4)20-12/h7-9,11H,5-6,10H2,1-4H3,(H2,17,19,23). The molecule has 2 amide bonds. The van der Waals surface area contributed by atoms with E-state index in [1.54, 1.807) is 16.9 Å². The zero-order valence-electron chi connectivity index (χ0n) is 14.1. The molecule has 0 unspecified atom stereocenters. The Morgan fingerprint density at radius 1 is 1.39 bits per heavy atom. The highest BCUT2D eigenvalue weighted by molar-refractivity contribution is 5.88. The van der Waals surface area contributed by atoms with E-state index in [4.69, 9.17) is 0 Å². The van der Waals surface area contributed by atoms with Crippen molar-refractivity contribution in [3.63, 3.8) is 0 Å².